The Morgan fingerprint density at radius 2 is 2.05 bits per heavy atom. The van der Waals surface area contributed by atoms with Gasteiger partial charge in [0, 0.05) is 17.6 Å². The first-order valence-electron chi connectivity index (χ1n) is 6.73. The fraction of sp³-hybridized carbons (Fsp3) is 0.188. The van der Waals surface area contributed by atoms with Gasteiger partial charge in [-0.1, -0.05) is 28.9 Å². The number of aromatic nitrogens is 1. The van der Waals surface area contributed by atoms with Gasteiger partial charge in [0.1, 0.15) is 5.71 Å². The Morgan fingerprint density at radius 3 is 2.68 bits per heavy atom. The minimum atomic E-state index is -0.435. The van der Waals surface area contributed by atoms with Crippen molar-refractivity contribution in [2.75, 3.05) is 6.61 Å². The van der Waals surface area contributed by atoms with Crippen molar-refractivity contribution in [3.05, 3.63) is 64.4 Å². The average molecular weight is 319 g/mol. The minimum Gasteiger partial charge on any atom is -0.462 e. The molecule has 0 aliphatic heterocycles. The molecule has 1 aromatic carbocycles. The third-order valence-electron chi connectivity index (χ3n) is 2.97. The first-order valence-corrected chi connectivity index (χ1v) is 7.10. The number of hydrogen-bond acceptors (Lipinski definition) is 5. The number of nitrogens with zero attached hydrogens (tertiary/aromatic N) is 2. The number of benzene rings is 1. The van der Waals surface area contributed by atoms with Gasteiger partial charge in [-0.15, -0.1) is 0 Å². The number of pyridine rings is 1. The zero-order valence-corrected chi connectivity index (χ0v) is 12.7. The van der Waals surface area contributed by atoms with Crippen LogP contribution in [-0.2, 0) is 11.2 Å². The van der Waals surface area contributed by atoms with Crippen molar-refractivity contribution in [3.8, 4) is 0 Å². The molecule has 5 nitrogen and oxygen atoms in total. The molecule has 0 unspecified atom stereocenters. The zero-order valence-electron chi connectivity index (χ0n) is 12.0. The van der Waals surface area contributed by atoms with E-state index in [1.165, 1.54) is 6.20 Å². The van der Waals surface area contributed by atoms with Crippen molar-refractivity contribution >= 4 is 23.3 Å². The minimum absolute atomic E-state index is 0.294. The lowest BCUT2D eigenvalue weighted by Crippen LogP contribution is -2.11. The van der Waals surface area contributed by atoms with Crippen LogP contribution in [0.25, 0.3) is 0 Å². The number of oxime groups is 1. The molecular formula is C16H15ClN2O3. The summed E-state index contributed by atoms with van der Waals surface area (Å²) in [5.74, 6) is -0.435. The summed E-state index contributed by atoms with van der Waals surface area (Å²) < 4.78 is 4.94. The lowest BCUT2D eigenvalue weighted by Gasteiger charge is -2.07. The van der Waals surface area contributed by atoms with Gasteiger partial charge in [0.15, 0.2) is 0 Å². The molecule has 114 valence electrons. The van der Waals surface area contributed by atoms with Crippen molar-refractivity contribution in [1.82, 2.24) is 4.98 Å². The number of rotatable bonds is 5. The second kappa shape index (κ2) is 7.56. The molecule has 6 heteroatoms. The van der Waals surface area contributed by atoms with Gasteiger partial charge in [-0.3, -0.25) is 4.98 Å². The average Bonchev–Trinajstić information content (AvgIpc) is 2.54. The van der Waals surface area contributed by atoms with Crippen LogP contribution in [-0.4, -0.2) is 28.5 Å². The van der Waals surface area contributed by atoms with Crippen LogP contribution >= 0.6 is 11.6 Å². The van der Waals surface area contributed by atoms with E-state index in [1.807, 2.05) is 12.1 Å². The van der Waals surface area contributed by atoms with E-state index in [9.17, 15) is 10.0 Å². The monoisotopic (exact) mass is 318 g/mol. The predicted octanol–water partition coefficient (Wildman–Crippen LogP) is 3.33. The summed E-state index contributed by atoms with van der Waals surface area (Å²) in [6.45, 7) is 2.03. The van der Waals surface area contributed by atoms with Crippen LogP contribution in [0.4, 0.5) is 0 Å². The Labute approximate surface area is 133 Å². The lowest BCUT2D eigenvalue weighted by molar-refractivity contribution is 0.0526. The van der Waals surface area contributed by atoms with E-state index in [0.717, 1.165) is 5.56 Å². The molecular weight excluding hydrogens is 304 g/mol. The van der Waals surface area contributed by atoms with E-state index in [-0.39, 0.29) is 0 Å². The smallest absolute Gasteiger partial charge is 0.338 e. The Bertz CT molecular complexity index is 684. The van der Waals surface area contributed by atoms with Crippen LogP contribution in [0.5, 0.6) is 0 Å². The first kappa shape index (κ1) is 16.0. The highest BCUT2D eigenvalue weighted by atomic mass is 35.5. The maximum Gasteiger partial charge on any atom is 0.338 e. The number of carbonyl (C=O) groups is 1. The molecule has 0 radical (unpaired) electrons. The lowest BCUT2D eigenvalue weighted by atomic mass is 10.0. The van der Waals surface area contributed by atoms with Crippen LogP contribution in [0.3, 0.4) is 0 Å². The molecule has 1 N–H and O–H groups in total. The highest BCUT2D eigenvalue weighted by Gasteiger charge is 2.12. The molecule has 22 heavy (non-hydrogen) atoms. The third-order valence-corrected chi connectivity index (χ3v) is 3.22. The van der Waals surface area contributed by atoms with E-state index in [0.29, 0.717) is 35.0 Å². The van der Waals surface area contributed by atoms with E-state index >= 15 is 0 Å². The van der Waals surface area contributed by atoms with Gasteiger partial charge in [-0.2, -0.15) is 0 Å². The van der Waals surface area contributed by atoms with Crippen molar-refractivity contribution in [1.29, 1.82) is 0 Å². The molecule has 1 heterocycles. The number of hydrogen-bond donors (Lipinski definition) is 1. The molecule has 0 spiro atoms. The standard InChI is InChI=1S/C16H15ClN2O3/c1-2-22-16(20)12-7-8-18-14(10-12)15(19-21)9-11-3-5-13(17)6-4-11/h3-8,10,21H,2,9H2,1H3/b19-15+. The number of halogens is 1. The van der Waals surface area contributed by atoms with E-state index in [1.54, 1.807) is 31.2 Å². The van der Waals surface area contributed by atoms with E-state index < -0.39 is 5.97 Å². The Morgan fingerprint density at radius 1 is 1.32 bits per heavy atom. The number of esters is 1. The summed E-state index contributed by atoms with van der Waals surface area (Å²) in [4.78, 5) is 15.9. The molecule has 0 fully saturated rings. The Hall–Kier alpha value is -2.40. The fourth-order valence-corrected chi connectivity index (χ4v) is 2.03. The van der Waals surface area contributed by atoms with E-state index in [2.05, 4.69) is 10.1 Å². The third kappa shape index (κ3) is 4.05. The van der Waals surface area contributed by atoms with Crippen molar-refractivity contribution in [2.45, 2.75) is 13.3 Å². The second-order valence-corrected chi connectivity index (χ2v) is 4.94. The number of ether oxygens (including phenoxy) is 1. The highest BCUT2D eigenvalue weighted by molar-refractivity contribution is 6.30. The molecule has 0 saturated carbocycles. The Kier molecular flexibility index (Phi) is 5.49. The van der Waals surface area contributed by atoms with Gasteiger partial charge < -0.3 is 9.94 Å². The van der Waals surface area contributed by atoms with Crippen LogP contribution < -0.4 is 0 Å². The summed E-state index contributed by atoms with van der Waals surface area (Å²) in [7, 11) is 0. The first-order chi connectivity index (χ1) is 10.6. The highest BCUT2D eigenvalue weighted by Crippen LogP contribution is 2.13. The molecule has 0 amide bonds. The molecule has 1 aromatic heterocycles. The zero-order chi connectivity index (χ0) is 15.9. The normalized spacial score (nSPS) is 11.3. The molecule has 0 aliphatic carbocycles. The summed E-state index contributed by atoms with van der Waals surface area (Å²) in [6, 6.07) is 10.3. The van der Waals surface area contributed by atoms with Crippen LogP contribution in [0.2, 0.25) is 5.02 Å². The van der Waals surface area contributed by atoms with Crippen LogP contribution in [0.1, 0.15) is 28.5 Å². The topological polar surface area (TPSA) is 71.8 Å². The van der Waals surface area contributed by atoms with Gasteiger partial charge in [0.25, 0.3) is 0 Å². The second-order valence-electron chi connectivity index (χ2n) is 4.50. The molecule has 0 saturated heterocycles. The number of carbonyl (C=O) groups excluding carboxylic acids is 1. The molecule has 0 bridgehead atoms. The van der Waals surface area contributed by atoms with E-state index in [4.69, 9.17) is 16.3 Å². The van der Waals surface area contributed by atoms with Gasteiger partial charge in [-0.05, 0) is 36.8 Å². The SMILES string of the molecule is CCOC(=O)c1ccnc(/C(Cc2ccc(Cl)cc2)=N/O)c1. The molecule has 0 atom stereocenters. The predicted molar refractivity (Wildman–Crippen MR) is 83.7 cm³/mol. The molecule has 2 aromatic rings. The molecule has 2 rings (SSSR count). The van der Waals surface area contributed by atoms with Crippen molar-refractivity contribution in [2.24, 2.45) is 5.16 Å². The Balaban J connectivity index is 2.22. The summed E-state index contributed by atoms with van der Waals surface area (Å²) in [5, 5.41) is 13.2. The van der Waals surface area contributed by atoms with Crippen LogP contribution in [0.15, 0.2) is 47.8 Å². The maximum atomic E-state index is 11.7. The van der Waals surface area contributed by atoms with Gasteiger partial charge >= 0.3 is 5.97 Å². The van der Waals surface area contributed by atoms with Crippen molar-refractivity contribution < 1.29 is 14.7 Å². The maximum absolute atomic E-state index is 11.7. The summed E-state index contributed by atoms with van der Waals surface area (Å²) in [6.07, 6.45) is 1.85. The molecule has 0 aliphatic rings. The largest absolute Gasteiger partial charge is 0.462 e. The van der Waals surface area contributed by atoms with Crippen molar-refractivity contribution in [3.63, 3.8) is 0 Å². The van der Waals surface area contributed by atoms with Gasteiger partial charge in [0.05, 0.1) is 17.9 Å². The van der Waals surface area contributed by atoms with Crippen LogP contribution in [0, 0.1) is 0 Å². The van der Waals surface area contributed by atoms with Gasteiger partial charge in [0.2, 0.25) is 0 Å². The quantitative estimate of drug-likeness (QED) is 0.397. The summed E-state index contributed by atoms with van der Waals surface area (Å²) in [5.41, 5.74) is 2.06. The summed E-state index contributed by atoms with van der Waals surface area (Å²) >= 11 is 5.84. The van der Waals surface area contributed by atoms with Gasteiger partial charge in [-0.25, -0.2) is 4.79 Å². The fourth-order valence-electron chi connectivity index (χ4n) is 1.90.